The summed E-state index contributed by atoms with van der Waals surface area (Å²) in [5, 5.41) is 7.49. The summed E-state index contributed by atoms with van der Waals surface area (Å²) in [6, 6.07) is 84.2. The molecule has 0 unspecified atom stereocenters. The number of hydrogen-bond acceptors (Lipinski definition) is 0. The first-order valence-corrected chi connectivity index (χ1v) is 20.7. The Balaban J connectivity index is 0.915. The molecule has 0 N–H and O–H groups in total. The average molecular weight is 763 g/mol. The number of nitrogens with zero attached hydrogens (tertiary/aromatic N) is 2. The first kappa shape index (κ1) is 34.1. The zero-order valence-electron chi connectivity index (χ0n) is 32.8. The Bertz CT molecular complexity index is 3550. The monoisotopic (exact) mass is 762 g/mol. The second kappa shape index (κ2) is 13.9. The van der Waals surface area contributed by atoms with E-state index in [9.17, 15) is 0 Å². The molecule has 2 nitrogen and oxygen atoms in total. The van der Waals surface area contributed by atoms with E-state index >= 15 is 0 Å². The van der Waals surface area contributed by atoms with E-state index in [1.54, 1.807) is 0 Å². The number of para-hydroxylation sites is 2. The minimum Gasteiger partial charge on any atom is -0.309 e. The second-order valence-corrected chi connectivity index (χ2v) is 15.8. The average Bonchev–Trinajstić information content (AvgIpc) is 3.84. The van der Waals surface area contributed by atoms with E-state index in [4.69, 9.17) is 0 Å². The van der Waals surface area contributed by atoms with Crippen molar-refractivity contribution >= 4 is 54.4 Å². The maximum atomic E-state index is 2.43. The molecule has 0 spiro atoms. The van der Waals surface area contributed by atoms with Crippen LogP contribution in [-0.2, 0) is 0 Å². The molecule has 0 radical (unpaired) electrons. The third kappa shape index (κ3) is 5.65. The lowest BCUT2D eigenvalue weighted by Gasteiger charge is -2.12. The molecular weight excluding hydrogens is 725 g/mol. The Kier molecular flexibility index (Phi) is 7.89. The first-order valence-electron chi connectivity index (χ1n) is 20.7. The maximum absolute atomic E-state index is 2.43. The van der Waals surface area contributed by atoms with Gasteiger partial charge in [-0.3, -0.25) is 0 Å². The van der Waals surface area contributed by atoms with Crippen molar-refractivity contribution in [3.63, 3.8) is 0 Å². The van der Waals surface area contributed by atoms with Crippen molar-refractivity contribution < 1.29 is 0 Å². The van der Waals surface area contributed by atoms with Crippen LogP contribution in [0.2, 0.25) is 0 Å². The standard InChI is InChI=1S/C58H38N2/c1-3-11-39(12-4-1)41-25-30-49(31-26-41)59-55-17-9-7-15-51(55)53-33-28-47(37-57(53)59)42-19-21-43(22-20-42)48-29-34-54-52-16-8-10-18-56(52)60(58(54)38-48)50-32-27-45-35-44(23-24-46(45)36-50)40-13-5-2-6-14-40/h1-38H. The number of rotatable bonds is 6. The summed E-state index contributed by atoms with van der Waals surface area (Å²) < 4.78 is 4.83. The van der Waals surface area contributed by atoms with Gasteiger partial charge in [-0.1, -0.05) is 176 Å². The molecule has 2 heteroatoms. The van der Waals surface area contributed by atoms with Gasteiger partial charge in [0.25, 0.3) is 0 Å². The summed E-state index contributed by atoms with van der Waals surface area (Å²) in [5.41, 5.74) is 16.8. The van der Waals surface area contributed by atoms with Crippen molar-refractivity contribution in [3.8, 4) is 55.9 Å². The van der Waals surface area contributed by atoms with Gasteiger partial charge in [-0.05, 0) is 110 Å². The third-order valence-corrected chi connectivity index (χ3v) is 12.3. The fourth-order valence-electron chi connectivity index (χ4n) is 9.33. The lowest BCUT2D eigenvalue weighted by Crippen LogP contribution is -1.94. The molecule has 0 fully saturated rings. The largest absolute Gasteiger partial charge is 0.309 e. The van der Waals surface area contributed by atoms with Crippen LogP contribution in [0.1, 0.15) is 0 Å². The van der Waals surface area contributed by atoms with Gasteiger partial charge in [0.1, 0.15) is 0 Å². The van der Waals surface area contributed by atoms with Crippen LogP contribution in [0.15, 0.2) is 231 Å². The molecule has 2 heterocycles. The summed E-state index contributed by atoms with van der Waals surface area (Å²) in [6.07, 6.45) is 0. The van der Waals surface area contributed by atoms with Crippen LogP contribution in [0.4, 0.5) is 0 Å². The molecule has 0 aliphatic rings. The Labute approximate surface area is 348 Å². The summed E-state index contributed by atoms with van der Waals surface area (Å²) in [4.78, 5) is 0. The SMILES string of the molecule is c1ccc(-c2ccc(-n3c4ccccc4c4ccc(-c5ccc(-c6ccc7c8ccccc8n(-c8ccc9cc(-c%10ccccc%10)ccc9c8)c7c6)cc5)cc43)cc2)cc1. The quantitative estimate of drug-likeness (QED) is 0.160. The molecule has 12 rings (SSSR count). The minimum absolute atomic E-state index is 1.15. The van der Waals surface area contributed by atoms with Crippen LogP contribution in [0.5, 0.6) is 0 Å². The van der Waals surface area contributed by atoms with E-state index in [2.05, 4.69) is 240 Å². The van der Waals surface area contributed by atoms with Gasteiger partial charge in [-0.2, -0.15) is 0 Å². The predicted molar refractivity (Wildman–Crippen MR) is 254 cm³/mol. The Morgan fingerprint density at radius 3 is 1.13 bits per heavy atom. The van der Waals surface area contributed by atoms with E-state index < -0.39 is 0 Å². The number of fused-ring (bicyclic) bond motifs is 7. The third-order valence-electron chi connectivity index (χ3n) is 12.3. The molecule has 60 heavy (non-hydrogen) atoms. The summed E-state index contributed by atoms with van der Waals surface area (Å²) in [7, 11) is 0. The predicted octanol–water partition coefficient (Wildman–Crippen LogP) is 15.7. The number of aromatic nitrogens is 2. The topological polar surface area (TPSA) is 9.86 Å². The molecule has 0 saturated carbocycles. The van der Waals surface area contributed by atoms with E-state index in [-0.39, 0.29) is 0 Å². The molecule has 2 aromatic heterocycles. The van der Waals surface area contributed by atoms with Gasteiger partial charge >= 0.3 is 0 Å². The molecule has 0 aliphatic heterocycles. The fourth-order valence-corrected chi connectivity index (χ4v) is 9.33. The maximum Gasteiger partial charge on any atom is 0.0547 e. The van der Waals surface area contributed by atoms with Gasteiger partial charge in [-0.25, -0.2) is 0 Å². The van der Waals surface area contributed by atoms with Crippen LogP contribution >= 0.6 is 0 Å². The van der Waals surface area contributed by atoms with Crippen LogP contribution in [-0.4, -0.2) is 9.13 Å². The zero-order valence-corrected chi connectivity index (χ0v) is 32.8. The summed E-state index contributed by atoms with van der Waals surface area (Å²) in [5.74, 6) is 0. The summed E-state index contributed by atoms with van der Waals surface area (Å²) >= 11 is 0. The van der Waals surface area contributed by atoms with Crippen molar-refractivity contribution in [1.29, 1.82) is 0 Å². The first-order chi connectivity index (χ1) is 29.7. The molecule has 0 amide bonds. The van der Waals surface area contributed by atoms with Crippen LogP contribution in [0.25, 0.3) is 110 Å². The van der Waals surface area contributed by atoms with E-state index in [1.165, 1.54) is 98.9 Å². The zero-order chi connectivity index (χ0) is 39.6. The van der Waals surface area contributed by atoms with Crippen LogP contribution in [0, 0.1) is 0 Å². The molecule has 280 valence electrons. The Morgan fingerprint density at radius 2 is 0.550 bits per heavy atom. The molecule has 12 aromatic rings. The van der Waals surface area contributed by atoms with Crippen molar-refractivity contribution in [3.05, 3.63) is 231 Å². The molecule has 0 bridgehead atoms. The second-order valence-electron chi connectivity index (χ2n) is 15.8. The highest BCUT2D eigenvalue weighted by Gasteiger charge is 2.16. The normalized spacial score (nSPS) is 11.7. The number of benzene rings is 10. The Hall–Kier alpha value is -7.94. The van der Waals surface area contributed by atoms with Gasteiger partial charge in [0.05, 0.1) is 22.1 Å². The molecule has 0 aliphatic carbocycles. The van der Waals surface area contributed by atoms with Gasteiger partial charge in [0.15, 0.2) is 0 Å². The molecule has 10 aromatic carbocycles. The Morgan fingerprint density at radius 1 is 0.200 bits per heavy atom. The van der Waals surface area contributed by atoms with Gasteiger partial charge in [0, 0.05) is 32.9 Å². The molecule has 0 atom stereocenters. The van der Waals surface area contributed by atoms with E-state index in [1.807, 2.05) is 0 Å². The van der Waals surface area contributed by atoms with E-state index in [0.717, 1.165) is 11.4 Å². The lowest BCUT2D eigenvalue weighted by molar-refractivity contribution is 1.18. The van der Waals surface area contributed by atoms with Crippen molar-refractivity contribution in [1.82, 2.24) is 9.13 Å². The van der Waals surface area contributed by atoms with Crippen molar-refractivity contribution in [2.45, 2.75) is 0 Å². The summed E-state index contributed by atoms with van der Waals surface area (Å²) in [6.45, 7) is 0. The van der Waals surface area contributed by atoms with Gasteiger partial charge < -0.3 is 9.13 Å². The highest BCUT2D eigenvalue weighted by Crippen LogP contribution is 2.38. The number of hydrogen-bond donors (Lipinski definition) is 0. The minimum atomic E-state index is 1.15. The van der Waals surface area contributed by atoms with Crippen molar-refractivity contribution in [2.24, 2.45) is 0 Å². The molecule has 0 saturated heterocycles. The lowest BCUT2D eigenvalue weighted by atomic mass is 9.98. The van der Waals surface area contributed by atoms with Crippen molar-refractivity contribution in [2.75, 3.05) is 0 Å². The van der Waals surface area contributed by atoms with Gasteiger partial charge in [0.2, 0.25) is 0 Å². The fraction of sp³-hybridized carbons (Fsp3) is 0. The van der Waals surface area contributed by atoms with Crippen LogP contribution in [0.3, 0.4) is 0 Å². The molecular formula is C58H38N2. The highest BCUT2D eigenvalue weighted by atomic mass is 15.0. The van der Waals surface area contributed by atoms with Gasteiger partial charge in [-0.15, -0.1) is 0 Å². The van der Waals surface area contributed by atoms with E-state index in [0.29, 0.717) is 0 Å². The highest BCUT2D eigenvalue weighted by molar-refractivity contribution is 6.11. The smallest absolute Gasteiger partial charge is 0.0547 e. The van der Waals surface area contributed by atoms with Crippen LogP contribution < -0.4 is 0 Å².